The summed E-state index contributed by atoms with van der Waals surface area (Å²) in [5, 5.41) is 10.8. The smallest absolute Gasteiger partial charge is 0.370 e. The molecule has 1 aromatic carbocycles. The molecule has 0 aliphatic carbocycles. The fourth-order valence-electron chi connectivity index (χ4n) is 1.52. The molecule has 2 aromatic rings. The average molecular weight is 241 g/mol. The van der Waals surface area contributed by atoms with Crippen LogP contribution in [-0.2, 0) is 0 Å². The number of aromatic nitrogens is 1. The number of nitrogens with two attached hydrogens (primary N) is 1. The maximum Gasteiger partial charge on any atom is 0.370 e. The third-order valence-corrected chi connectivity index (χ3v) is 2.34. The Morgan fingerprint density at radius 2 is 1.94 bits per heavy atom. The Hall–Kier alpha value is -2.69. The molecule has 2 rings (SSSR count). The maximum absolute atomic E-state index is 10.8. The molecule has 0 aliphatic rings. The van der Waals surface area contributed by atoms with Crippen LogP contribution in [0.1, 0.15) is 11.1 Å². The number of benzene rings is 1. The van der Waals surface area contributed by atoms with Crippen LogP contribution < -0.4 is 5.73 Å². The second-order valence-electron chi connectivity index (χ2n) is 3.68. The van der Waals surface area contributed by atoms with E-state index in [2.05, 4.69) is 4.98 Å². The minimum atomic E-state index is -0.524. The fraction of sp³-hybridized carbons (Fsp3) is 0. The Balaban J connectivity index is 2.36. The highest BCUT2D eigenvalue weighted by Gasteiger charge is 2.12. The van der Waals surface area contributed by atoms with Crippen molar-refractivity contribution in [2.45, 2.75) is 0 Å². The van der Waals surface area contributed by atoms with Gasteiger partial charge in [-0.1, -0.05) is 36.4 Å². The van der Waals surface area contributed by atoms with Gasteiger partial charge in [-0.3, -0.25) is 0 Å². The molecule has 0 amide bonds. The predicted molar refractivity (Wildman–Crippen MR) is 70.7 cm³/mol. The lowest BCUT2D eigenvalue weighted by atomic mass is 10.1. The molecule has 0 fully saturated rings. The lowest BCUT2D eigenvalue weighted by Crippen LogP contribution is -1.97. The number of nitrogens with zero attached hydrogens (tertiary/aromatic N) is 2. The van der Waals surface area contributed by atoms with Crippen LogP contribution in [0.3, 0.4) is 0 Å². The molecule has 0 atom stereocenters. The first-order valence-electron chi connectivity index (χ1n) is 5.30. The second kappa shape index (κ2) is 5.09. The van der Waals surface area contributed by atoms with E-state index in [9.17, 15) is 10.1 Å². The van der Waals surface area contributed by atoms with Gasteiger partial charge in [0.05, 0.1) is 11.3 Å². The molecular formula is C13H11N3O2. The van der Waals surface area contributed by atoms with Gasteiger partial charge in [0.15, 0.2) is 6.20 Å². The van der Waals surface area contributed by atoms with Crippen LogP contribution in [0.15, 0.2) is 42.6 Å². The van der Waals surface area contributed by atoms with Gasteiger partial charge < -0.3 is 15.8 Å². The summed E-state index contributed by atoms with van der Waals surface area (Å²) >= 11 is 0. The third-order valence-electron chi connectivity index (χ3n) is 2.34. The molecule has 1 heterocycles. The molecular weight excluding hydrogens is 230 g/mol. The van der Waals surface area contributed by atoms with Crippen molar-refractivity contribution in [3.63, 3.8) is 0 Å². The molecule has 5 nitrogen and oxygen atoms in total. The van der Waals surface area contributed by atoms with Gasteiger partial charge >= 0.3 is 5.82 Å². The van der Waals surface area contributed by atoms with E-state index in [0.29, 0.717) is 11.3 Å². The van der Waals surface area contributed by atoms with Crippen LogP contribution in [-0.4, -0.2) is 9.91 Å². The van der Waals surface area contributed by atoms with Crippen LogP contribution in [0.4, 0.5) is 11.5 Å². The summed E-state index contributed by atoms with van der Waals surface area (Å²) in [7, 11) is 0. The van der Waals surface area contributed by atoms with Gasteiger partial charge in [0.2, 0.25) is 0 Å². The summed E-state index contributed by atoms with van der Waals surface area (Å²) < 4.78 is 0. The number of nitro groups is 1. The SMILES string of the molecule is Nc1cnc([N+](=O)[O-])c(C=Cc2ccccc2)c1. The number of anilines is 1. The Morgan fingerprint density at radius 3 is 2.61 bits per heavy atom. The monoisotopic (exact) mass is 241 g/mol. The number of hydrogen-bond acceptors (Lipinski definition) is 4. The van der Waals surface area contributed by atoms with E-state index in [-0.39, 0.29) is 5.82 Å². The maximum atomic E-state index is 10.8. The molecule has 0 unspecified atom stereocenters. The molecule has 0 saturated heterocycles. The van der Waals surface area contributed by atoms with E-state index < -0.39 is 4.92 Å². The highest BCUT2D eigenvalue weighted by molar-refractivity contribution is 5.74. The van der Waals surface area contributed by atoms with Crippen molar-refractivity contribution in [3.05, 3.63) is 63.8 Å². The lowest BCUT2D eigenvalue weighted by molar-refractivity contribution is -0.389. The van der Waals surface area contributed by atoms with E-state index in [1.807, 2.05) is 30.3 Å². The second-order valence-corrected chi connectivity index (χ2v) is 3.68. The quantitative estimate of drug-likeness (QED) is 0.661. The highest BCUT2D eigenvalue weighted by Crippen LogP contribution is 2.20. The largest absolute Gasteiger partial charge is 0.396 e. The van der Waals surface area contributed by atoms with Gasteiger partial charge in [-0.15, -0.1) is 0 Å². The highest BCUT2D eigenvalue weighted by atomic mass is 16.6. The van der Waals surface area contributed by atoms with Crippen molar-refractivity contribution < 1.29 is 4.92 Å². The predicted octanol–water partition coefficient (Wildman–Crippen LogP) is 2.74. The first-order valence-corrected chi connectivity index (χ1v) is 5.30. The zero-order chi connectivity index (χ0) is 13.0. The average Bonchev–Trinajstić information content (AvgIpc) is 2.37. The van der Waals surface area contributed by atoms with E-state index in [4.69, 9.17) is 5.73 Å². The van der Waals surface area contributed by atoms with Crippen LogP contribution >= 0.6 is 0 Å². The zero-order valence-electron chi connectivity index (χ0n) is 9.48. The topological polar surface area (TPSA) is 82.0 Å². The minimum absolute atomic E-state index is 0.198. The van der Waals surface area contributed by atoms with Gasteiger partial charge in [0.25, 0.3) is 0 Å². The molecule has 0 saturated carbocycles. The van der Waals surface area contributed by atoms with Gasteiger partial charge in [-0.2, -0.15) is 0 Å². The number of pyridine rings is 1. The molecule has 90 valence electrons. The van der Waals surface area contributed by atoms with E-state index in [1.54, 1.807) is 12.2 Å². The molecule has 2 N–H and O–H groups in total. The number of hydrogen-bond donors (Lipinski definition) is 1. The first kappa shape index (κ1) is 11.8. The van der Waals surface area contributed by atoms with Crippen molar-refractivity contribution in [2.75, 3.05) is 5.73 Å². The standard InChI is InChI=1S/C13H11N3O2/c14-12-8-11(13(15-9-12)16(17)18)7-6-10-4-2-1-3-5-10/h1-9H,14H2. The van der Waals surface area contributed by atoms with Crippen molar-refractivity contribution in [1.29, 1.82) is 0 Å². The van der Waals surface area contributed by atoms with E-state index in [1.165, 1.54) is 12.3 Å². The Morgan fingerprint density at radius 1 is 1.22 bits per heavy atom. The summed E-state index contributed by atoms with van der Waals surface area (Å²) in [6, 6.07) is 11.0. The molecule has 0 radical (unpaired) electrons. The summed E-state index contributed by atoms with van der Waals surface area (Å²) in [5.74, 6) is -0.198. The molecule has 0 spiro atoms. The van der Waals surface area contributed by atoms with E-state index in [0.717, 1.165) is 5.56 Å². The normalized spacial score (nSPS) is 10.7. The number of nitrogen functional groups attached to an aromatic ring is 1. The third kappa shape index (κ3) is 2.70. The zero-order valence-corrected chi connectivity index (χ0v) is 9.48. The van der Waals surface area contributed by atoms with Crippen LogP contribution in [0.25, 0.3) is 12.2 Å². The fourth-order valence-corrected chi connectivity index (χ4v) is 1.52. The number of rotatable bonds is 3. The molecule has 18 heavy (non-hydrogen) atoms. The summed E-state index contributed by atoms with van der Waals surface area (Å²) in [6.45, 7) is 0. The van der Waals surface area contributed by atoms with Crippen molar-refractivity contribution in [1.82, 2.24) is 4.98 Å². The molecule has 0 aliphatic heterocycles. The lowest BCUT2D eigenvalue weighted by Gasteiger charge is -1.98. The van der Waals surface area contributed by atoms with Crippen molar-refractivity contribution >= 4 is 23.7 Å². The molecule has 0 bridgehead atoms. The van der Waals surface area contributed by atoms with Crippen LogP contribution in [0.2, 0.25) is 0 Å². The van der Waals surface area contributed by atoms with Gasteiger partial charge in [-0.25, -0.2) is 0 Å². The molecule has 1 aromatic heterocycles. The van der Waals surface area contributed by atoms with Gasteiger partial charge in [-0.05, 0) is 27.6 Å². The summed E-state index contributed by atoms with van der Waals surface area (Å²) in [5.41, 5.74) is 7.32. The van der Waals surface area contributed by atoms with Crippen LogP contribution in [0.5, 0.6) is 0 Å². The minimum Gasteiger partial charge on any atom is -0.396 e. The Bertz CT molecular complexity index is 594. The summed E-state index contributed by atoms with van der Waals surface area (Å²) in [6.07, 6.45) is 4.69. The van der Waals surface area contributed by atoms with Gasteiger partial charge in [0.1, 0.15) is 0 Å². The summed E-state index contributed by atoms with van der Waals surface area (Å²) in [4.78, 5) is 14.0. The van der Waals surface area contributed by atoms with Gasteiger partial charge in [0, 0.05) is 0 Å². The first-order chi connectivity index (χ1) is 8.66. The van der Waals surface area contributed by atoms with Crippen LogP contribution in [0, 0.1) is 10.1 Å². The van der Waals surface area contributed by atoms with Crippen molar-refractivity contribution in [2.24, 2.45) is 0 Å². The van der Waals surface area contributed by atoms with E-state index >= 15 is 0 Å². The Kier molecular flexibility index (Phi) is 3.33. The molecule has 5 heteroatoms. The Labute approximate surface area is 104 Å². The van der Waals surface area contributed by atoms with Crippen molar-refractivity contribution in [3.8, 4) is 0 Å².